The Labute approximate surface area is 176 Å². The van der Waals surface area contributed by atoms with Crippen LogP contribution in [-0.4, -0.2) is 45.4 Å². The molecular weight excluding hydrogens is 441 g/mol. The average Bonchev–Trinajstić information content (AvgIpc) is 2.62. The highest BCUT2D eigenvalue weighted by molar-refractivity contribution is 14.0. The normalized spacial score (nSPS) is 11.0. The first-order valence-corrected chi connectivity index (χ1v) is 9.55. The third-order valence-corrected chi connectivity index (χ3v) is 3.67. The fourth-order valence-electron chi connectivity index (χ4n) is 2.25. The van der Waals surface area contributed by atoms with Gasteiger partial charge in [-0.1, -0.05) is 17.7 Å². The highest BCUT2D eigenvalue weighted by atomic mass is 127. The standard InChI is InChI=1S/C20H35N3O2.HI/c1-4-21-20(22-14-6-8-16-24-5-2)23-15-7-9-17-25-19-12-10-18(3)11-13-19;/h10-13H,4-9,14-17H2,1-3H3,(H2,21,22,23);1H. The number of ether oxygens (including phenoxy) is 2. The van der Waals surface area contributed by atoms with Crippen LogP contribution in [0, 0.1) is 6.92 Å². The fraction of sp³-hybridized carbons (Fsp3) is 0.650. The van der Waals surface area contributed by atoms with E-state index in [0.29, 0.717) is 0 Å². The lowest BCUT2D eigenvalue weighted by molar-refractivity contribution is 0.144. The minimum absolute atomic E-state index is 0. The van der Waals surface area contributed by atoms with E-state index in [1.165, 1.54) is 5.56 Å². The highest BCUT2D eigenvalue weighted by Crippen LogP contribution is 2.11. The summed E-state index contributed by atoms with van der Waals surface area (Å²) in [6.45, 7) is 11.2. The number of unbranched alkanes of at least 4 members (excludes halogenated alkanes) is 2. The van der Waals surface area contributed by atoms with Gasteiger partial charge in [0.1, 0.15) is 5.75 Å². The number of rotatable bonds is 13. The van der Waals surface area contributed by atoms with Crippen LogP contribution in [0.3, 0.4) is 0 Å². The van der Waals surface area contributed by atoms with E-state index in [-0.39, 0.29) is 24.0 Å². The predicted molar refractivity (Wildman–Crippen MR) is 121 cm³/mol. The molecule has 150 valence electrons. The molecule has 0 atom stereocenters. The minimum Gasteiger partial charge on any atom is -0.494 e. The lowest BCUT2D eigenvalue weighted by Crippen LogP contribution is -2.38. The number of halogens is 1. The largest absolute Gasteiger partial charge is 0.494 e. The second-order valence-electron chi connectivity index (χ2n) is 5.96. The molecule has 0 aliphatic carbocycles. The number of nitrogens with zero attached hydrogens (tertiary/aromatic N) is 1. The van der Waals surface area contributed by atoms with Gasteiger partial charge in [-0.05, 0) is 58.6 Å². The molecule has 1 aromatic carbocycles. The van der Waals surface area contributed by atoms with Gasteiger partial charge >= 0.3 is 0 Å². The summed E-state index contributed by atoms with van der Waals surface area (Å²) in [6, 6.07) is 8.19. The summed E-state index contributed by atoms with van der Waals surface area (Å²) in [5, 5.41) is 6.66. The van der Waals surface area contributed by atoms with E-state index in [1.807, 2.05) is 19.1 Å². The molecule has 6 heteroatoms. The third kappa shape index (κ3) is 13.2. The van der Waals surface area contributed by atoms with Crippen molar-refractivity contribution >= 4 is 29.9 Å². The van der Waals surface area contributed by atoms with E-state index in [2.05, 4.69) is 41.6 Å². The number of hydrogen-bond acceptors (Lipinski definition) is 3. The molecule has 0 aliphatic rings. The van der Waals surface area contributed by atoms with Crippen LogP contribution in [0.1, 0.15) is 45.1 Å². The molecular formula is C20H36IN3O2. The van der Waals surface area contributed by atoms with Gasteiger partial charge in [-0.3, -0.25) is 4.99 Å². The summed E-state index contributed by atoms with van der Waals surface area (Å²) in [4.78, 5) is 4.59. The highest BCUT2D eigenvalue weighted by Gasteiger charge is 1.98. The Morgan fingerprint density at radius 1 is 0.962 bits per heavy atom. The van der Waals surface area contributed by atoms with Gasteiger partial charge < -0.3 is 20.1 Å². The summed E-state index contributed by atoms with van der Waals surface area (Å²) < 4.78 is 11.1. The molecule has 2 N–H and O–H groups in total. The Hall–Kier alpha value is -1.02. The summed E-state index contributed by atoms with van der Waals surface area (Å²) in [5.74, 6) is 1.85. The van der Waals surface area contributed by atoms with E-state index in [9.17, 15) is 0 Å². The van der Waals surface area contributed by atoms with Gasteiger partial charge in [-0.2, -0.15) is 0 Å². The molecule has 0 radical (unpaired) electrons. The number of benzene rings is 1. The topological polar surface area (TPSA) is 54.9 Å². The van der Waals surface area contributed by atoms with Gasteiger partial charge in [0.25, 0.3) is 0 Å². The number of aryl methyl sites for hydroxylation is 1. The Balaban J connectivity index is 0.00000625. The van der Waals surface area contributed by atoms with E-state index in [0.717, 1.165) is 76.8 Å². The Bertz CT molecular complexity index is 467. The van der Waals surface area contributed by atoms with Crippen LogP contribution in [0.5, 0.6) is 5.75 Å². The molecule has 5 nitrogen and oxygen atoms in total. The average molecular weight is 477 g/mol. The minimum atomic E-state index is 0. The second kappa shape index (κ2) is 17.4. The van der Waals surface area contributed by atoms with Crippen LogP contribution in [0.25, 0.3) is 0 Å². The van der Waals surface area contributed by atoms with Gasteiger partial charge in [0.2, 0.25) is 0 Å². The lowest BCUT2D eigenvalue weighted by Gasteiger charge is -2.11. The van der Waals surface area contributed by atoms with Crippen LogP contribution in [-0.2, 0) is 4.74 Å². The van der Waals surface area contributed by atoms with Crippen LogP contribution < -0.4 is 15.4 Å². The van der Waals surface area contributed by atoms with Crippen LogP contribution >= 0.6 is 24.0 Å². The summed E-state index contributed by atoms with van der Waals surface area (Å²) in [7, 11) is 0. The van der Waals surface area contributed by atoms with Gasteiger partial charge in [0, 0.05) is 32.8 Å². The van der Waals surface area contributed by atoms with Crippen molar-refractivity contribution in [3.05, 3.63) is 29.8 Å². The zero-order valence-electron chi connectivity index (χ0n) is 16.6. The molecule has 0 spiro atoms. The van der Waals surface area contributed by atoms with Crippen molar-refractivity contribution in [3.8, 4) is 5.75 Å². The van der Waals surface area contributed by atoms with E-state index in [4.69, 9.17) is 9.47 Å². The lowest BCUT2D eigenvalue weighted by atomic mass is 10.2. The molecule has 0 aliphatic heterocycles. The summed E-state index contributed by atoms with van der Waals surface area (Å²) in [5.41, 5.74) is 1.25. The van der Waals surface area contributed by atoms with Gasteiger partial charge in [-0.15, -0.1) is 24.0 Å². The van der Waals surface area contributed by atoms with Crippen molar-refractivity contribution in [2.75, 3.05) is 39.5 Å². The second-order valence-corrected chi connectivity index (χ2v) is 5.96. The Morgan fingerprint density at radius 3 is 2.38 bits per heavy atom. The quantitative estimate of drug-likeness (QED) is 0.194. The van der Waals surface area contributed by atoms with E-state index >= 15 is 0 Å². The summed E-state index contributed by atoms with van der Waals surface area (Å²) in [6.07, 6.45) is 4.20. The Kier molecular flexibility index (Phi) is 16.7. The van der Waals surface area contributed by atoms with Crippen LogP contribution in [0.4, 0.5) is 0 Å². The van der Waals surface area contributed by atoms with Crippen molar-refractivity contribution in [2.45, 2.75) is 46.5 Å². The first-order valence-electron chi connectivity index (χ1n) is 9.55. The number of nitrogens with one attached hydrogen (secondary N) is 2. The van der Waals surface area contributed by atoms with Crippen molar-refractivity contribution in [2.24, 2.45) is 4.99 Å². The van der Waals surface area contributed by atoms with Gasteiger partial charge in [0.15, 0.2) is 5.96 Å². The number of hydrogen-bond donors (Lipinski definition) is 2. The molecule has 0 unspecified atom stereocenters. The number of guanidine groups is 1. The first kappa shape index (κ1) is 25.0. The molecule has 26 heavy (non-hydrogen) atoms. The number of aliphatic imine (C=N–C) groups is 1. The van der Waals surface area contributed by atoms with Gasteiger partial charge in [-0.25, -0.2) is 0 Å². The summed E-state index contributed by atoms with van der Waals surface area (Å²) >= 11 is 0. The van der Waals surface area contributed by atoms with E-state index in [1.54, 1.807) is 0 Å². The zero-order chi connectivity index (χ0) is 18.2. The van der Waals surface area contributed by atoms with Crippen molar-refractivity contribution < 1.29 is 9.47 Å². The maximum absolute atomic E-state index is 5.74. The van der Waals surface area contributed by atoms with Crippen molar-refractivity contribution in [3.63, 3.8) is 0 Å². The van der Waals surface area contributed by atoms with Crippen molar-refractivity contribution in [1.29, 1.82) is 0 Å². The van der Waals surface area contributed by atoms with Crippen LogP contribution in [0.2, 0.25) is 0 Å². The monoisotopic (exact) mass is 477 g/mol. The Morgan fingerprint density at radius 2 is 1.69 bits per heavy atom. The SMILES string of the molecule is CCNC(=NCCCCOCC)NCCCCOc1ccc(C)cc1.I. The van der Waals surface area contributed by atoms with Crippen LogP contribution in [0.15, 0.2) is 29.3 Å². The molecule has 0 heterocycles. The van der Waals surface area contributed by atoms with Gasteiger partial charge in [0.05, 0.1) is 6.61 Å². The smallest absolute Gasteiger partial charge is 0.191 e. The molecule has 0 aromatic heterocycles. The van der Waals surface area contributed by atoms with E-state index < -0.39 is 0 Å². The molecule has 0 saturated carbocycles. The zero-order valence-corrected chi connectivity index (χ0v) is 18.9. The maximum Gasteiger partial charge on any atom is 0.191 e. The molecule has 0 fully saturated rings. The van der Waals surface area contributed by atoms with Crippen molar-refractivity contribution in [1.82, 2.24) is 10.6 Å². The fourth-order valence-corrected chi connectivity index (χ4v) is 2.25. The predicted octanol–water partition coefficient (Wildman–Crippen LogP) is 4.14. The third-order valence-electron chi connectivity index (χ3n) is 3.67. The molecule has 0 saturated heterocycles. The molecule has 0 amide bonds. The first-order chi connectivity index (χ1) is 12.3. The maximum atomic E-state index is 5.74. The molecule has 1 aromatic rings. The molecule has 0 bridgehead atoms. The molecule has 1 rings (SSSR count).